The number of thioether (sulfide) groups is 1. The van der Waals surface area contributed by atoms with Gasteiger partial charge in [0.1, 0.15) is 5.75 Å². The van der Waals surface area contributed by atoms with Crippen LogP contribution in [0.4, 0.5) is 18.9 Å². The lowest BCUT2D eigenvalue weighted by molar-refractivity contribution is -0.274. The van der Waals surface area contributed by atoms with Gasteiger partial charge in [0.15, 0.2) is 11.0 Å². The van der Waals surface area contributed by atoms with Gasteiger partial charge in [-0.3, -0.25) is 4.79 Å². The first kappa shape index (κ1) is 22.7. The fraction of sp³-hybridized carbons (Fsp3) is 0.286. The molecule has 2 aromatic carbocycles. The lowest BCUT2D eigenvalue weighted by Gasteiger charge is -2.10. The topological polar surface area (TPSA) is 69.0 Å². The molecule has 0 aliphatic rings. The quantitative estimate of drug-likeness (QED) is 0.472. The van der Waals surface area contributed by atoms with Crippen LogP contribution in [0.15, 0.2) is 53.7 Å². The summed E-state index contributed by atoms with van der Waals surface area (Å²) < 4.78 is 42.5. The number of aryl methyl sites for hydroxylation is 1. The second-order valence-corrected chi connectivity index (χ2v) is 7.68. The van der Waals surface area contributed by atoms with E-state index in [1.807, 2.05) is 42.7 Å². The highest BCUT2D eigenvalue weighted by atomic mass is 32.2. The second-order valence-electron chi connectivity index (χ2n) is 6.74. The molecule has 0 aliphatic carbocycles. The molecule has 3 rings (SSSR count). The van der Waals surface area contributed by atoms with Gasteiger partial charge in [0, 0.05) is 17.8 Å². The minimum Gasteiger partial charge on any atom is -0.406 e. The molecule has 0 saturated carbocycles. The van der Waals surface area contributed by atoms with Gasteiger partial charge in [-0.1, -0.05) is 42.4 Å². The number of alkyl halides is 3. The number of nitrogens with one attached hydrogen (secondary N) is 1. The van der Waals surface area contributed by atoms with E-state index in [0.29, 0.717) is 17.4 Å². The fourth-order valence-electron chi connectivity index (χ4n) is 2.89. The SMILES string of the molecule is CCCn1c(SCC(=O)Nc2ccc(OC(F)(F)F)cc2)nnc1-c1cccc(C)c1. The van der Waals surface area contributed by atoms with Crippen molar-refractivity contribution in [3.8, 4) is 17.1 Å². The lowest BCUT2D eigenvalue weighted by Crippen LogP contribution is -2.17. The molecular weight excluding hydrogens is 429 g/mol. The lowest BCUT2D eigenvalue weighted by atomic mass is 10.1. The maximum absolute atomic E-state index is 12.3. The third-order valence-electron chi connectivity index (χ3n) is 4.14. The Labute approximate surface area is 181 Å². The van der Waals surface area contributed by atoms with E-state index in [9.17, 15) is 18.0 Å². The molecule has 1 N–H and O–H groups in total. The molecule has 164 valence electrons. The summed E-state index contributed by atoms with van der Waals surface area (Å²) in [6, 6.07) is 12.9. The van der Waals surface area contributed by atoms with Gasteiger partial charge in [0.25, 0.3) is 0 Å². The normalized spacial score (nSPS) is 11.4. The molecule has 0 aliphatic heterocycles. The van der Waals surface area contributed by atoms with Crippen molar-refractivity contribution in [1.29, 1.82) is 0 Å². The summed E-state index contributed by atoms with van der Waals surface area (Å²) >= 11 is 1.25. The molecule has 0 spiro atoms. The van der Waals surface area contributed by atoms with Gasteiger partial charge >= 0.3 is 6.36 Å². The number of carbonyl (C=O) groups excluding carboxylic acids is 1. The van der Waals surface area contributed by atoms with E-state index in [2.05, 4.69) is 20.3 Å². The third-order valence-corrected chi connectivity index (χ3v) is 5.11. The van der Waals surface area contributed by atoms with Crippen molar-refractivity contribution >= 4 is 23.4 Å². The van der Waals surface area contributed by atoms with Crippen LogP contribution in [-0.2, 0) is 11.3 Å². The monoisotopic (exact) mass is 450 g/mol. The zero-order valence-electron chi connectivity index (χ0n) is 16.9. The van der Waals surface area contributed by atoms with E-state index in [1.54, 1.807) is 0 Å². The minimum absolute atomic E-state index is 0.0798. The van der Waals surface area contributed by atoms with Crippen molar-refractivity contribution in [2.75, 3.05) is 11.1 Å². The number of benzene rings is 2. The van der Waals surface area contributed by atoms with Crippen molar-refractivity contribution < 1.29 is 22.7 Å². The van der Waals surface area contributed by atoms with Crippen molar-refractivity contribution in [2.45, 2.75) is 38.3 Å². The van der Waals surface area contributed by atoms with Gasteiger partial charge < -0.3 is 14.6 Å². The number of anilines is 1. The predicted molar refractivity (Wildman–Crippen MR) is 113 cm³/mol. The predicted octanol–water partition coefficient (Wildman–Crippen LogP) is 5.29. The van der Waals surface area contributed by atoms with Crippen LogP contribution in [-0.4, -0.2) is 32.8 Å². The van der Waals surface area contributed by atoms with Gasteiger partial charge in [-0.05, 0) is 43.7 Å². The highest BCUT2D eigenvalue weighted by Gasteiger charge is 2.31. The van der Waals surface area contributed by atoms with E-state index < -0.39 is 6.36 Å². The number of amides is 1. The third kappa shape index (κ3) is 6.48. The molecule has 0 atom stereocenters. The van der Waals surface area contributed by atoms with E-state index in [-0.39, 0.29) is 17.4 Å². The van der Waals surface area contributed by atoms with Gasteiger partial charge in [-0.15, -0.1) is 23.4 Å². The van der Waals surface area contributed by atoms with Gasteiger partial charge in [-0.2, -0.15) is 0 Å². The van der Waals surface area contributed by atoms with E-state index >= 15 is 0 Å². The number of aromatic nitrogens is 3. The summed E-state index contributed by atoms with van der Waals surface area (Å²) in [7, 11) is 0. The standard InChI is InChI=1S/C21H21F3N4O2S/c1-3-11-28-19(15-6-4-5-14(2)12-15)26-27-20(28)31-13-18(29)25-16-7-9-17(10-8-16)30-21(22,23)24/h4-10,12H,3,11,13H2,1-2H3,(H,25,29). The van der Waals surface area contributed by atoms with E-state index in [4.69, 9.17) is 0 Å². The van der Waals surface area contributed by atoms with Crippen molar-refractivity contribution in [2.24, 2.45) is 0 Å². The smallest absolute Gasteiger partial charge is 0.406 e. The Hall–Kier alpha value is -3.01. The van der Waals surface area contributed by atoms with Crippen LogP contribution in [0.5, 0.6) is 5.75 Å². The summed E-state index contributed by atoms with van der Waals surface area (Å²) in [5.41, 5.74) is 2.44. The molecule has 1 aromatic heterocycles. The highest BCUT2D eigenvalue weighted by molar-refractivity contribution is 7.99. The number of halogens is 3. The Morgan fingerprint density at radius 2 is 1.90 bits per heavy atom. The average molecular weight is 450 g/mol. The van der Waals surface area contributed by atoms with Crippen LogP contribution in [0.3, 0.4) is 0 Å². The molecular formula is C21H21F3N4O2S. The summed E-state index contributed by atoms with van der Waals surface area (Å²) in [5, 5.41) is 11.8. The van der Waals surface area contributed by atoms with Crippen LogP contribution in [0.2, 0.25) is 0 Å². The summed E-state index contributed by atoms with van der Waals surface area (Å²) in [4.78, 5) is 12.3. The number of nitrogens with zero attached hydrogens (tertiary/aromatic N) is 3. The molecule has 0 saturated heterocycles. The summed E-state index contributed by atoms with van der Waals surface area (Å²) in [5.74, 6) is 0.166. The van der Waals surface area contributed by atoms with Gasteiger partial charge in [0.05, 0.1) is 5.75 Å². The van der Waals surface area contributed by atoms with E-state index in [0.717, 1.165) is 35.5 Å². The Morgan fingerprint density at radius 1 is 1.16 bits per heavy atom. The maximum atomic E-state index is 12.3. The second kappa shape index (κ2) is 9.86. The maximum Gasteiger partial charge on any atom is 0.573 e. The number of carbonyl (C=O) groups is 1. The average Bonchev–Trinajstić information content (AvgIpc) is 3.10. The Bertz CT molecular complexity index is 1040. The first-order valence-electron chi connectivity index (χ1n) is 9.54. The highest BCUT2D eigenvalue weighted by Crippen LogP contribution is 2.26. The Morgan fingerprint density at radius 3 is 2.55 bits per heavy atom. The van der Waals surface area contributed by atoms with Gasteiger partial charge in [-0.25, -0.2) is 0 Å². The van der Waals surface area contributed by atoms with E-state index in [1.165, 1.54) is 23.9 Å². The first-order valence-corrected chi connectivity index (χ1v) is 10.5. The zero-order chi connectivity index (χ0) is 22.4. The fourth-order valence-corrected chi connectivity index (χ4v) is 3.65. The molecule has 31 heavy (non-hydrogen) atoms. The van der Waals surface area contributed by atoms with Crippen LogP contribution in [0, 0.1) is 6.92 Å². The van der Waals surface area contributed by atoms with Crippen LogP contribution in [0.1, 0.15) is 18.9 Å². The summed E-state index contributed by atoms with van der Waals surface area (Å²) in [6.07, 6.45) is -3.88. The van der Waals surface area contributed by atoms with Crippen LogP contribution >= 0.6 is 11.8 Å². The van der Waals surface area contributed by atoms with Gasteiger partial charge in [0.2, 0.25) is 5.91 Å². The molecule has 0 bridgehead atoms. The largest absolute Gasteiger partial charge is 0.573 e. The molecule has 1 heterocycles. The molecule has 0 radical (unpaired) electrons. The van der Waals surface area contributed by atoms with Crippen molar-refractivity contribution in [3.63, 3.8) is 0 Å². The molecule has 1 amide bonds. The van der Waals surface area contributed by atoms with Crippen molar-refractivity contribution in [3.05, 3.63) is 54.1 Å². The number of rotatable bonds is 8. The number of ether oxygens (including phenoxy) is 1. The molecule has 0 fully saturated rings. The molecule has 0 unspecified atom stereocenters. The Kier molecular flexibility index (Phi) is 7.21. The summed E-state index contributed by atoms with van der Waals surface area (Å²) in [6.45, 7) is 4.76. The zero-order valence-corrected chi connectivity index (χ0v) is 17.8. The van der Waals surface area contributed by atoms with Crippen molar-refractivity contribution in [1.82, 2.24) is 14.8 Å². The first-order chi connectivity index (χ1) is 14.7. The number of hydrogen-bond acceptors (Lipinski definition) is 5. The molecule has 3 aromatic rings. The number of hydrogen-bond donors (Lipinski definition) is 1. The molecule has 6 nitrogen and oxygen atoms in total. The molecule has 10 heteroatoms. The minimum atomic E-state index is -4.76. The van der Waals surface area contributed by atoms with Crippen LogP contribution in [0.25, 0.3) is 11.4 Å². The van der Waals surface area contributed by atoms with Crippen LogP contribution < -0.4 is 10.1 Å². The Balaban J connectivity index is 1.63.